The summed E-state index contributed by atoms with van der Waals surface area (Å²) in [6, 6.07) is 9.24. The van der Waals surface area contributed by atoms with Crippen molar-refractivity contribution < 1.29 is 27.4 Å². The number of esters is 1. The van der Waals surface area contributed by atoms with E-state index < -0.39 is 22.0 Å². The molecule has 0 aromatic heterocycles. The highest BCUT2D eigenvalue weighted by Crippen LogP contribution is 2.33. The molecule has 1 unspecified atom stereocenters. The minimum absolute atomic E-state index is 0.0368. The molecule has 1 aliphatic heterocycles. The van der Waals surface area contributed by atoms with Gasteiger partial charge in [0.2, 0.25) is 10.0 Å². The fourth-order valence-corrected chi connectivity index (χ4v) is 4.33. The molecular weight excluding hydrogens is 370 g/mol. The van der Waals surface area contributed by atoms with Crippen LogP contribution in [0.1, 0.15) is 34.5 Å². The zero-order valence-corrected chi connectivity index (χ0v) is 16.1. The Morgan fingerprint density at radius 1 is 1.11 bits per heavy atom. The quantitative estimate of drug-likeness (QED) is 0.788. The first-order valence-electron chi connectivity index (χ1n) is 8.42. The molecule has 1 heterocycles. The van der Waals surface area contributed by atoms with E-state index in [0.29, 0.717) is 30.3 Å². The third-order valence-corrected chi connectivity index (χ3v) is 5.98. The van der Waals surface area contributed by atoms with E-state index in [1.165, 1.54) is 19.2 Å². The first-order chi connectivity index (χ1) is 12.8. The van der Waals surface area contributed by atoms with Gasteiger partial charge in [0.1, 0.15) is 13.2 Å². The molecule has 0 saturated carbocycles. The van der Waals surface area contributed by atoms with Gasteiger partial charge in [-0.1, -0.05) is 12.1 Å². The topological polar surface area (TPSA) is 90.9 Å². The van der Waals surface area contributed by atoms with Crippen LogP contribution in [0, 0.1) is 6.92 Å². The number of ether oxygens (including phenoxy) is 3. The predicted molar refractivity (Wildman–Crippen MR) is 98.7 cm³/mol. The number of carbonyl (C=O) groups is 1. The highest BCUT2D eigenvalue weighted by Gasteiger charge is 2.23. The largest absolute Gasteiger partial charge is 0.486 e. The van der Waals surface area contributed by atoms with Gasteiger partial charge in [0.15, 0.2) is 11.5 Å². The van der Waals surface area contributed by atoms with Gasteiger partial charge in [-0.25, -0.2) is 17.9 Å². The Morgan fingerprint density at radius 3 is 2.52 bits per heavy atom. The molecular formula is C19H21NO6S. The van der Waals surface area contributed by atoms with E-state index >= 15 is 0 Å². The zero-order valence-electron chi connectivity index (χ0n) is 15.3. The number of methoxy groups -OCH3 is 1. The molecule has 0 aliphatic carbocycles. The van der Waals surface area contributed by atoms with Gasteiger partial charge in [0.05, 0.1) is 17.6 Å². The second kappa shape index (κ2) is 7.58. The first kappa shape index (κ1) is 19.2. The number of benzene rings is 2. The van der Waals surface area contributed by atoms with E-state index in [1.807, 2.05) is 0 Å². The third kappa shape index (κ3) is 4.06. The Morgan fingerprint density at radius 2 is 1.81 bits per heavy atom. The Hall–Kier alpha value is -2.58. The summed E-state index contributed by atoms with van der Waals surface area (Å²) in [5.41, 5.74) is 1.45. The summed E-state index contributed by atoms with van der Waals surface area (Å²) >= 11 is 0. The number of sulfonamides is 1. The predicted octanol–water partition coefficient (Wildman–Crippen LogP) is 2.59. The van der Waals surface area contributed by atoms with Gasteiger partial charge in [0, 0.05) is 6.04 Å². The molecule has 3 rings (SSSR count). The number of hydrogen-bond donors (Lipinski definition) is 1. The highest BCUT2D eigenvalue weighted by molar-refractivity contribution is 7.89. The van der Waals surface area contributed by atoms with Crippen LogP contribution >= 0.6 is 0 Å². The van der Waals surface area contributed by atoms with Crippen LogP contribution < -0.4 is 14.2 Å². The van der Waals surface area contributed by atoms with E-state index in [4.69, 9.17) is 9.47 Å². The molecule has 0 saturated heterocycles. The molecule has 1 N–H and O–H groups in total. The third-order valence-electron chi connectivity index (χ3n) is 4.30. The smallest absolute Gasteiger partial charge is 0.337 e. The lowest BCUT2D eigenvalue weighted by atomic mass is 10.1. The summed E-state index contributed by atoms with van der Waals surface area (Å²) in [6.45, 7) is 4.35. The fourth-order valence-electron chi connectivity index (χ4n) is 2.83. The molecule has 0 spiro atoms. The van der Waals surface area contributed by atoms with Crippen LogP contribution in [0.5, 0.6) is 11.5 Å². The first-order valence-corrected chi connectivity index (χ1v) is 9.91. The Bertz CT molecular complexity index is 970. The Labute approximate surface area is 158 Å². The van der Waals surface area contributed by atoms with E-state index in [0.717, 1.165) is 5.56 Å². The molecule has 1 aliphatic rings. The molecule has 27 heavy (non-hydrogen) atoms. The average molecular weight is 391 g/mol. The number of aryl methyl sites for hydroxylation is 1. The molecule has 0 radical (unpaired) electrons. The summed E-state index contributed by atoms with van der Waals surface area (Å²) in [7, 11) is -2.61. The van der Waals surface area contributed by atoms with E-state index in [-0.39, 0.29) is 10.5 Å². The lowest BCUT2D eigenvalue weighted by molar-refractivity contribution is 0.0600. The van der Waals surface area contributed by atoms with Crippen molar-refractivity contribution in [3.05, 3.63) is 53.1 Å². The van der Waals surface area contributed by atoms with Gasteiger partial charge in [-0.15, -0.1) is 0 Å². The summed E-state index contributed by atoms with van der Waals surface area (Å²) in [5, 5.41) is 0. The van der Waals surface area contributed by atoms with Crippen LogP contribution in [0.2, 0.25) is 0 Å². The molecule has 8 heteroatoms. The zero-order chi connectivity index (χ0) is 19.6. The van der Waals surface area contributed by atoms with Crippen LogP contribution in [-0.2, 0) is 14.8 Å². The normalized spacial score (nSPS) is 14.5. The van der Waals surface area contributed by atoms with Crippen molar-refractivity contribution in [1.29, 1.82) is 0 Å². The fraction of sp³-hybridized carbons (Fsp3) is 0.316. The maximum absolute atomic E-state index is 12.9. The Kier molecular flexibility index (Phi) is 5.38. The average Bonchev–Trinajstić information content (AvgIpc) is 2.66. The number of hydrogen-bond acceptors (Lipinski definition) is 6. The van der Waals surface area contributed by atoms with Gasteiger partial charge in [-0.05, 0) is 49.2 Å². The second-order valence-corrected chi connectivity index (χ2v) is 7.90. The van der Waals surface area contributed by atoms with Crippen LogP contribution in [0.15, 0.2) is 41.3 Å². The minimum Gasteiger partial charge on any atom is -0.486 e. The van der Waals surface area contributed by atoms with Crippen LogP contribution in [-0.4, -0.2) is 34.7 Å². The maximum Gasteiger partial charge on any atom is 0.337 e. The van der Waals surface area contributed by atoms with Crippen LogP contribution in [0.3, 0.4) is 0 Å². The summed E-state index contributed by atoms with van der Waals surface area (Å²) in [4.78, 5) is 11.8. The molecule has 0 bridgehead atoms. The summed E-state index contributed by atoms with van der Waals surface area (Å²) < 4.78 is 44.1. The van der Waals surface area contributed by atoms with Crippen molar-refractivity contribution >= 4 is 16.0 Å². The van der Waals surface area contributed by atoms with Crippen LogP contribution in [0.4, 0.5) is 0 Å². The van der Waals surface area contributed by atoms with Gasteiger partial charge < -0.3 is 14.2 Å². The van der Waals surface area contributed by atoms with Gasteiger partial charge in [-0.2, -0.15) is 0 Å². The SMILES string of the molecule is COC(=O)c1ccc(C)c(S(=O)(=O)NC(C)c2ccc3c(c2)OCCO3)c1. The summed E-state index contributed by atoms with van der Waals surface area (Å²) in [5.74, 6) is 0.640. The number of carbonyl (C=O) groups excluding carboxylic acids is 1. The molecule has 2 aromatic carbocycles. The molecule has 0 amide bonds. The molecule has 7 nitrogen and oxygen atoms in total. The van der Waals surface area contributed by atoms with E-state index in [1.54, 1.807) is 38.1 Å². The molecule has 144 valence electrons. The molecule has 2 aromatic rings. The van der Waals surface area contributed by atoms with Crippen molar-refractivity contribution in [2.45, 2.75) is 24.8 Å². The van der Waals surface area contributed by atoms with Crippen LogP contribution in [0.25, 0.3) is 0 Å². The monoisotopic (exact) mass is 391 g/mol. The van der Waals surface area contributed by atoms with E-state index in [2.05, 4.69) is 9.46 Å². The Balaban J connectivity index is 1.87. The second-order valence-electron chi connectivity index (χ2n) is 6.22. The number of rotatable bonds is 5. The standard InChI is InChI=1S/C19H21NO6S/c1-12-4-5-15(19(21)24-3)11-18(12)27(22,23)20-13(2)14-6-7-16-17(10-14)26-9-8-25-16/h4-7,10-11,13,20H,8-9H2,1-3H3. The van der Waals surface area contributed by atoms with Crippen molar-refractivity contribution in [2.75, 3.05) is 20.3 Å². The number of fused-ring (bicyclic) bond motifs is 1. The van der Waals surface area contributed by atoms with Gasteiger partial charge in [-0.3, -0.25) is 0 Å². The number of nitrogens with one attached hydrogen (secondary N) is 1. The lowest BCUT2D eigenvalue weighted by Gasteiger charge is -2.21. The molecule has 1 atom stereocenters. The maximum atomic E-state index is 12.9. The highest BCUT2D eigenvalue weighted by atomic mass is 32.2. The molecule has 0 fully saturated rings. The van der Waals surface area contributed by atoms with Crippen molar-refractivity contribution in [3.8, 4) is 11.5 Å². The van der Waals surface area contributed by atoms with Gasteiger partial charge in [0.25, 0.3) is 0 Å². The lowest BCUT2D eigenvalue weighted by Crippen LogP contribution is -2.28. The van der Waals surface area contributed by atoms with Gasteiger partial charge >= 0.3 is 5.97 Å². The van der Waals surface area contributed by atoms with E-state index in [9.17, 15) is 13.2 Å². The van der Waals surface area contributed by atoms with Crippen molar-refractivity contribution in [1.82, 2.24) is 4.72 Å². The van der Waals surface area contributed by atoms with Crippen molar-refractivity contribution in [2.24, 2.45) is 0 Å². The van der Waals surface area contributed by atoms with Crippen molar-refractivity contribution in [3.63, 3.8) is 0 Å². The summed E-state index contributed by atoms with van der Waals surface area (Å²) in [6.07, 6.45) is 0. The minimum atomic E-state index is -3.85.